The van der Waals surface area contributed by atoms with Crippen LogP contribution in [0.25, 0.3) is 0 Å². The van der Waals surface area contributed by atoms with E-state index >= 15 is 0 Å². The lowest BCUT2D eigenvalue weighted by Gasteiger charge is -2.03. The van der Waals surface area contributed by atoms with Crippen molar-refractivity contribution < 1.29 is 14.3 Å². The Morgan fingerprint density at radius 1 is 1.28 bits per heavy atom. The van der Waals surface area contributed by atoms with Crippen LogP contribution in [0.2, 0.25) is 5.02 Å². The summed E-state index contributed by atoms with van der Waals surface area (Å²) in [5.41, 5.74) is 1.49. The summed E-state index contributed by atoms with van der Waals surface area (Å²) in [6.45, 7) is 0. The maximum atomic E-state index is 13.1. The number of halogens is 2. The first-order chi connectivity index (χ1) is 8.54. The number of carboxylic acid groups (broad SMARTS) is 1. The predicted octanol–water partition coefficient (Wildman–Crippen LogP) is 3.16. The van der Waals surface area contributed by atoms with Crippen LogP contribution in [0.1, 0.15) is 21.6 Å². The fourth-order valence-electron chi connectivity index (χ4n) is 1.60. The molecule has 0 bridgehead atoms. The molecule has 0 spiro atoms. The van der Waals surface area contributed by atoms with Crippen LogP contribution in [0.4, 0.5) is 4.39 Å². The van der Waals surface area contributed by atoms with Gasteiger partial charge in [0.15, 0.2) is 0 Å². The summed E-state index contributed by atoms with van der Waals surface area (Å²) in [5, 5.41) is 9.04. The van der Waals surface area contributed by atoms with E-state index in [1.807, 2.05) is 0 Å². The lowest BCUT2D eigenvalue weighted by Crippen LogP contribution is -2.00. The highest BCUT2D eigenvalue weighted by molar-refractivity contribution is 6.30. The Labute approximate surface area is 108 Å². The monoisotopic (exact) mass is 265 g/mol. The molecular weight excluding hydrogens is 257 g/mol. The van der Waals surface area contributed by atoms with E-state index in [9.17, 15) is 9.18 Å². The zero-order valence-corrected chi connectivity index (χ0v) is 9.99. The smallest absolute Gasteiger partial charge is 0.354 e. The van der Waals surface area contributed by atoms with Gasteiger partial charge in [0, 0.05) is 11.2 Å². The normalized spacial score (nSPS) is 10.3. The van der Waals surface area contributed by atoms with Crippen molar-refractivity contribution in [2.75, 3.05) is 0 Å². The number of aromatic carboxylic acids is 1. The molecule has 1 aromatic carbocycles. The molecule has 0 radical (unpaired) electrons. The number of benzene rings is 1. The molecule has 2 aromatic rings. The van der Waals surface area contributed by atoms with Gasteiger partial charge in [-0.05, 0) is 41.8 Å². The first-order valence-electron chi connectivity index (χ1n) is 5.18. The first-order valence-corrected chi connectivity index (χ1v) is 5.55. The molecule has 0 aliphatic heterocycles. The van der Waals surface area contributed by atoms with E-state index in [0.717, 1.165) is 5.56 Å². The van der Waals surface area contributed by atoms with Gasteiger partial charge in [0.1, 0.15) is 11.5 Å². The predicted molar refractivity (Wildman–Crippen MR) is 65.4 cm³/mol. The minimum Gasteiger partial charge on any atom is -0.477 e. The number of aromatic nitrogens is 1. The van der Waals surface area contributed by atoms with Crippen LogP contribution in [0.5, 0.6) is 0 Å². The van der Waals surface area contributed by atoms with Gasteiger partial charge in [0.05, 0.1) is 0 Å². The fraction of sp³-hybridized carbons (Fsp3) is 0.0769. The van der Waals surface area contributed by atoms with E-state index in [0.29, 0.717) is 17.0 Å². The Morgan fingerprint density at radius 3 is 2.61 bits per heavy atom. The molecular formula is C13H9ClFNO2. The largest absolute Gasteiger partial charge is 0.477 e. The number of nitrogens with zero attached hydrogens (tertiary/aromatic N) is 1. The number of rotatable bonds is 3. The van der Waals surface area contributed by atoms with Gasteiger partial charge in [-0.25, -0.2) is 14.2 Å². The Morgan fingerprint density at radius 2 is 2.06 bits per heavy atom. The maximum Gasteiger partial charge on any atom is 0.354 e. The summed E-state index contributed by atoms with van der Waals surface area (Å²) in [5.74, 6) is -1.47. The van der Waals surface area contributed by atoms with E-state index in [4.69, 9.17) is 16.7 Å². The van der Waals surface area contributed by atoms with Crippen molar-refractivity contribution in [3.8, 4) is 0 Å². The third-order valence-electron chi connectivity index (χ3n) is 2.37. The van der Waals surface area contributed by atoms with Crippen LogP contribution in [0.3, 0.4) is 0 Å². The zero-order valence-electron chi connectivity index (χ0n) is 9.23. The molecule has 0 saturated heterocycles. The van der Waals surface area contributed by atoms with Crippen molar-refractivity contribution in [3.63, 3.8) is 0 Å². The molecule has 0 aliphatic carbocycles. The number of pyridine rings is 1. The van der Waals surface area contributed by atoms with Crippen molar-refractivity contribution in [3.05, 3.63) is 64.2 Å². The maximum absolute atomic E-state index is 13.1. The Kier molecular flexibility index (Phi) is 3.58. The average molecular weight is 266 g/mol. The van der Waals surface area contributed by atoms with Gasteiger partial charge in [-0.1, -0.05) is 17.7 Å². The molecule has 0 atom stereocenters. The fourth-order valence-corrected chi connectivity index (χ4v) is 1.85. The zero-order chi connectivity index (χ0) is 13.1. The molecule has 3 nitrogen and oxygen atoms in total. The van der Waals surface area contributed by atoms with Crippen LogP contribution in [0.15, 0.2) is 36.5 Å². The summed E-state index contributed by atoms with van der Waals surface area (Å²) < 4.78 is 13.1. The Hall–Kier alpha value is -1.94. The third-order valence-corrected chi connectivity index (χ3v) is 2.59. The van der Waals surface area contributed by atoms with Gasteiger partial charge in [-0.3, -0.25) is 0 Å². The van der Waals surface area contributed by atoms with Crippen LogP contribution in [0, 0.1) is 5.82 Å². The molecule has 2 rings (SSSR count). The molecule has 18 heavy (non-hydrogen) atoms. The van der Waals surface area contributed by atoms with E-state index < -0.39 is 11.8 Å². The summed E-state index contributed by atoms with van der Waals surface area (Å²) >= 11 is 5.75. The molecule has 0 amide bonds. The van der Waals surface area contributed by atoms with Crippen LogP contribution in [-0.4, -0.2) is 16.1 Å². The van der Waals surface area contributed by atoms with Gasteiger partial charge in [0.2, 0.25) is 0 Å². The number of hydrogen-bond donors (Lipinski definition) is 1. The highest BCUT2D eigenvalue weighted by atomic mass is 35.5. The molecule has 5 heteroatoms. The molecule has 0 aliphatic rings. The first kappa shape index (κ1) is 12.5. The third kappa shape index (κ3) is 3.05. The second-order valence-electron chi connectivity index (χ2n) is 3.81. The van der Waals surface area contributed by atoms with E-state index in [1.54, 1.807) is 12.1 Å². The van der Waals surface area contributed by atoms with Crippen LogP contribution < -0.4 is 0 Å². The molecule has 1 N–H and O–H groups in total. The van der Waals surface area contributed by atoms with Crippen LogP contribution >= 0.6 is 11.6 Å². The van der Waals surface area contributed by atoms with E-state index in [1.165, 1.54) is 24.4 Å². The number of hydrogen-bond acceptors (Lipinski definition) is 2. The molecule has 0 unspecified atom stereocenters. The molecule has 92 valence electrons. The van der Waals surface area contributed by atoms with Crippen molar-refractivity contribution in [2.45, 2.75) is 6.42 Å². The second-order valence-corrected chi connectivity index (χ2v) is 4.25. The summed E-state index contributed by atoms with van der Waals surface area (Å²) in [6, 6.07) is 7.34. The van der Waals surface area contributed by atoms with Gasteiger partial charge in [0.25, 0.3) is 0 Å². The van der Waals surface area contributed by atoms with E-state index in [-0.39, 0.29) is 5.69 Å². The Balaban J connectivity index is 2.20. The SMILES string of the molecule is O=C(O)c1ccc(Cc2cc(F)cc(Cl)c2)cn1. The highest BCUT2D eigenvalue weighted by Gasteiger charge is 2.05. The molecule has 0 fully saturated rings. The number of carboxylic acids is 1. The lowest BCUT2D eigenvalue weighted by molar-refractivity contribution is 0.0690. The van der Waals surface area contributed by atoms with Gasteiger partial charge >= 0.3 is 5.97 Å². The molecule has 1 aromatic heterocycles. The highest BCUT2D eigenvalue weighted by Crippen LogP contribution is 2.17. The number of carbonyl (C=O) groups is 1. The van der Waals surface area contributed by atoms with Crippen molar-refractivity contribution in [1.29, 1.82) is 0 Å². The minimum absolute atomic E-state index is 0.0176. The lowest BCUT2D eigenvalue weighted by atomic mass is 10.1. The quantitative estimate of drug-likeness (QED) is 0.927. The molecule has 1 heterocycles. The topological polar surface area (TPSA) is 50.2 Å². The summed E-state index contributed by atoms with van der Waals surface area (Å²) in [4.78, 5) is 14.4. The van der Waals surface area contributed by atoms with E-state index in [2.05, 4.69) is 4.98 Å². The standard InChI is InChI=1S/C13H9ClFNO2/c14-10-4-9(5-11(15)6-10)3-8-1-2-12(13(17)18)16-7-8/h1-2,4-7H,3H2,(H,17,18). The van der Waals surface area contributed by atoms with Crippen molar-refractivity contribution >= 4 is 17.6 Å². The second kappa shape index (κ2) is 5.14. The minimum atomic E-state index is -1.07. The van der Waals surface area contributed by atoms with Crippen molar-refractivity contribution in [1.82, 2.24) is 4.98 Å². The average Bonchev–Trinajstić information content (AvgIpc) is 2.28. The van der Waals surface area contributed by atoms with Gasteiger partial charge in [-0.15, -0.1) is 0 Å². The molecule has 0 saturated carbocycles. The van der Waals surface area contributed by atoms with Gasteiger partial charge in [-0.2, -0.15) is 0 Å². The van der Waals surface area contributed by atoms with Crippen molar-refractivity contribution in [2.24, 2.45) is 0 Å². The van der Waals surface area contributed by atoms with Crippen LogP contribution in [-0.2, 0) is 6.42 Å². The summed E-state index contributed by atoms with van der Waals surface area (Å²) in [6.07, 6.45) is 1.91. The Bertz CT molecular complexity index is 564. The summed E-state index contributed by atoms with van der Waals surface area (Å²) in [7, 11) is 0. The van der Waals surface area contributed by atoms with Gasteiger partial charge < -0.3 is 5.11 Å².